The Labute approximate surface area is 161 Å². The van der Waals surface area contributed by atoms with Crippen LogP contribution in [0.1, 0.15) is 17.8 Å². The molecule has 1 saturated heterocycles. The zero-order valence-electron chi connectivity index (χ0n) is 14.8. The van der Waals surface area contributed by atoms with Crippen LogP contribution >= 0.6 is 11.8 Å². The summed E-state index contributed by atoms with van der Waals surface area (Å²) in [6.07, 6.45) is 1.66. The highest BCUT2D eigenvalue weighted by molar-refractivity contribution is 7.99. The molecular formula is C20H20FN3O2S. The van der Waals surface area contributed by atoms with Crippen LogP contribution in [-0.4, -0.2) is 40.0 Å². The van der Waals surface area contributed by atoms with E-state index < -0.39 is 0 Å². The molecule has 1 atom stereocenters. The molecule has 0 saturated carbocycles. The van der Waals surface area contributed by atoms with Gasteiger partial charge in [-0.1, -0.05) is 42.1 Å². The van der Waals surface area contributed by atoms with Crippen molar-refractivity contribution in [2.45, 2.75) is 24.1 Å². The lowest BCUT2D eigenvalue weighted by Crippen LogP contribution is -2.25. The number of benzene rings is 2. The second-order valence-corrected chi connectivity index (χ2v) is 7.27. The number of hydrogen-bond acceptors (Lipinski definition) is 5. The molecule has 2 aromatic carbocycles. The predicted octanol–water partition coefficient (Wildman–Crippen LogP) is 3.85. The second-order valence-electron chi connectivity index (χ2n) is 6.29. The Morgan fingerprint density at radius 3 is 2.63 bits per heavy atom. The normalized spacial score (nSPS) is 17.1. The summed E-state index contributed by atoms with van der Waals surface area (Å²) in [5.74, 6) is 1.33. The minimum Gasteiger partial charge on any atom is -0.355 e. The van der Waals surface area contributed by atoms with Crippen molar-refractivity contribution < 1.29 is 13.9 Å². The van der Waals surface area contributed by atoms with E-state index in [9.17, 15) is 4.39 Å². The summed E-state index contributed by atoms with van der Waals surface area (Å²) in [7, 11) is 0. The molecule has 0 spiro atoms. The van der Waals surface area contributed by atoms with Gasteiger partial charge in [-0.2, -0.15) is 0 Å². The molecule has 5 nitrogen and oxygen atoms in total. The number of aromatic nitrogens is 3. The van der Waals surface area contributed by atoms with Crippen LogP contribution in [0.4, 0.5) is 4.39 Å². The van der Waals surface area contributed by atoms with E-state index in [-0.39, 0.29) is 11.9 Å². The van der Waals surface area contributed by atoms with Crippen LogP contribution in [0.25, 0.3) is 5.69 Å². The van der Waals surface area contributed by atoms with Crippen molar-refractivity contribution in [1.82, 2.24) is 14.8 Å². The molecule has 4 rings (SSSR count). The quantitative estimate of drug-likeness (QED) is 0.603. The van der Waals surface area contributed by atoms with Crippen molar-refractivity contribution in [3.05, 3.63) is 71.8 Å². The lowest BCUT2D eigenvalue weighted by Gasteiger charge is -2.22. The first kappa shape index (κ1) is 18.2. The summed E-state index contributed by atoms with van der Waals surface area (Å²) in [6, 6.07) is 16.5. The fraction of sp³-hybridized carbons (Fsp3) is 0.300. The Morgan fingerprint density at radius 1 is 1.07 bits per heavy atom. The number of thioether (sulfide) groups is 1. The van der Waals surface area contributed by atoms with Crippen molar-refractivity contribution in [1.29, 1.82) is 0 Å². The summed E-state index contributed by atoms with van der Waals surface area (Å²) in [5.41, 5.74) is 2.00. The number of nitrogens with zero attached hydrogens (tertiary/aromatic N) is 3. The van der Waals surface area contributed by atoms with Crippen LogP contribution in [0.2, 0.25) is 0 Å². The largest absolute Gasteiger partial charge is 0.355 e. The number of halogens is 1. The molecule has 1 aromatic heterocycles. The maximum atomic E-state index is 13.4. The number of ether oxygens (including phenoxy) is 2. The average Bonchev–Trinajstić information content (AvgIpc) is 3.11. The first-order valence-corrected chi connectivity index (χ1v) is 9.84. The molecule has 3 aromatic rings. The Morgan fingerprint density at radius 2 is 1.89 bits per heavy atom. The molecule has 1 aliphatic rings. The molecule has 0 radical (unpaired) electrons. The maximum Gasteiger partial charge on any atom is 0.195 e. The standard InChI is InChI=1S/C20H20FN3O2S/c21-16-6-8-17(9-7-16)24-19(12-15-4-2-1-3-5-15)22-23-20(24)27-13-18-10-11-25-14-26-18/h1-9,18H,10-14H2/t18-/m0/s1. The van der Waals surface area contributed by atoms with E-state index in [0.717, 1.165) is 41.0 Å². The van der Waals surface area contributed by atoms with Crippen LogP contribution in [-0.2, 0) is 15.9 Å². The maximum absolute atomic E-state index is 13.4. The van der Waals surface area contributed by atoms with Crippen LogP contribution in [0.3, 0.4) is 0 Å². The molecule has 0 N–H and O–H groups in total. The van der Waals surface area contributed by atoms with Crippen LogP contribution in [0.15, 0.2) is 59.8 Å². The first-order chi connectivity index (χ1) is 13.3. The fourth-order valence-corrected chi connectivity index (χ4v) is 3.97. The van der Waals surface area contributed by atoms with Crippen molar-refractivity contribution in [3.8, 4) is 5.69 Å². The van der Waals surface area contributed by atoms with Crippen LogP contribution < -0.4 is 0 Å². The minimum absolute atomic E-state index is 0.139. The van der Waals surface area contributed by atoms with Crippen molar-refractivity contribution in [2.24, 2.45) is 0 Å². The third-order valence-corrected chi connectivity index (χ3v) is 5.42. The van der Waals surface area contributed by atoms with E-state index in [1.165, 1.54) is 12.1 Å². The van der Waals surface area contributed by atoms with Gasteiger partial charge in [-0.05, 0) is 36.2 Å². The summed E-state index contributed by atoms with van der Waals surface area (Å²) < 4.78 is 26.2. The van der Waals surface area contributed by atoms with Gasteiger partial charge in [-0.25, -0.2) is 4.39 Å². The monoisotopic (exact) mass is 385 g/mol. The van der Waals surface area contributed by atoms with E-state index in [0.29, 0.717) is 13.2 Å². The molecule has 1 aliphatic heterocycles. The van der Waals surface area contributed by atoms with Gasteiger partial charge in [0.05, 0.1) is 12.7 Å². The molecule has 0 amide bonds. The van der Waals surface area contributed by atoms with Gasteiger partial charge in [0.2, 0.25) is 0 Å². The molecular weight excluding hydrogens is 365 g/mol. The Hall–Kier alpha value is -2.22. The molecule has 2 heterocycles. The zero-order chi connectivity index (χ0) is 18.5. The molecule has 140 valence electrons. The highest BCUT2D eigenvalue weighted by Gasteiger charge is 2.19. The van der Waals surface area contributed by atoms with E-state index in [1.54, 1.807) is 23.9 Å². The van der Waals surface area contributed by atoms with Gasteiger partial charge in [-0.15, -0.1) is 10.2 Å². The van der Waals surface area contributed by atoms with Crippen LogP contribution in [0.5, 0.6) is 0 Å². The molecule has 27 heavy (non-hydrogen) atoms. The molecule has 7 heteroatoms. The van der Waals surface area contributed by atoms with Gasteiger partial charge in [0, 0.05) is 17.9 Å². The second kappa shape index (κ2) is 8.65. The highest BCUT2D eigenvalue weighted by Crippen LogP contribution is 2.26. The summed E-state index contributed by atoms with van der Waals surface area (Å²) in [6.45, 7) is 1.06. The third-order valence-electron chi connectivity index (χ3n) is 4.36. The topological polar surface area (TPSA) is 49.2 Å². The van der Waals surface area contributed by atoms with Gasteiger partial charge in [0.15, 0.2) is 5.16 Å². The SMILES string of the molecule is Fc1ccc(-n2c(Cc3ccccc3)nnc2SC[C@@H]2CCOCO2)cc1. The van der Waals surface area contributed by atoms with Crippen molar-refractivity contribution in [2.75, 3.05) is 19.2 Å². The van der Waals surface area contributed by atoms with Gasteiger partial charge >= 0.3 is 0 Å². The number of rotatable bonds is 6. The lowest BCUT2D eigenvalue weighted by atomic mass is 10.1. The Bertz CT molecular complexity index is 865. The van der Waals surface area contributed by atoms with E-state index in [4.69, 9.17) is 9.47 Å². The van der Waals surface area contributed by atoms with Gasteiger partial charge < -0.3 is 9.47 Å². The Kier molecular flexibility index (Phi) is 5.81. The van der Waals surface area contributed by atoms with Crippen molar-refractivity contribution in [3.63, 3.8) is 0 Å². The van der Waals surface area contributed by atoms with E-state index in [2.05, 4.69) is 22.3 Å². The summed E-state index contributed by atoms with van der Waals surface area (Å²) in [5, 5.41) is 9.58. The highest BCUT2D eigenvalue weighted by atomic mass is 32.2. The smallest absolute Gasteiger partial charge is 0.195 e. The van der Waals surface area contributed by atoms with E-state index in [1.807, 2.05) is 22.8 Å². The number of hydrogen-bond donors (Lipinski definition) is 0. The first-order valence-electron chi connectivity index (χ1n) is 8.86. The molecule has 0 aliphatic carbocycles. The van der Waals surface area contributed by atoms with E-state index >= 15 is 0 Å². The molecule has 0 unspecified atom stereocenters. The predicted molar refractivity (Wildman–Crippen MR) is 102 cm³/mol. The van der Waals surface area contributed by atoms with Crippen molar-refractivity contribution >= 4 is 11.8 Å². The zero-order valence-corrected chi connectivity index (χ0v) is 15.6. The molecule has 1 fully saturated rings. The van der Waals surface area contributed by atoms with Crippen LogP contribution in [0, 0.1) is 5.82 Å². The summed E-state index contributed by atoms with van der Waals surface area (Å²) in [4.78, 5) is 0. The fourth-order valence-electron chi connectivity index (χ4n) is 2.94. The van der Waals surface area contributed by atoms with Gasteiger partial charge in [0.25, 0.3) is 0 Å². The lowest BCUT2D eigenvalue weighted by molar-refractivity contribution is -0.130. The average molecular weight is 385 g/mol. The summed E-state index contributed by atoms with van der Waals surface area (Å²) >= 11 is 1.60. The Balaban J connectivity index is 1.60. The van der Waals surface area contributed by atoms with Gasteiger partial charge in [-0.3, -0.25) is 4.57 Å². The third kappa shape index (κ3) is 4.55. The van der Waals surface area contributed by atoms with Gasteiger partial charge in [0.1, 0.15) is 18.4 Å². The molecule has 0 bridgehead atoms. The minimum atomic E-state index is -0.263.